The standard InChI is InChI=1S/C24H38O2Si/c1-23(2,3)27(5,6)26-22-12-11-21-20-9-7-16-15-17(25)8-10-18(16)19(20)13-14-24(21,22)4/h7,9,15,18-22H,8,10-14H2,1-6H3/t18-,19+,20+,21-,22-,24-/m0/s1. The number of fused-ring (bicyclic) bond motifs is 5. The summed E-state index contributed by atoms with van der Waals surface area (Å²) < 4.78 is 6.99. The third-order valence-corrected chi connectivity index (χ3v) is 13.5. The van der Waals surface area contributed by atoms with Crippen LogP contribution in [0.5, 0.6) is 0 Å². The van der Waals surface area contributed by atoms with Crippen LogP contribution in [0.15, 0.2) is 23.8 Å². The van der Waals surface area contributed by atoms with Crippen molar-refractivity contribution >= 4 is 14.1 Å². The van der Waals surface area contributed by atoms with Crippen LogP contribution in [0.1, 0.15) is 66.2 Å². The van der Waals surface area contributed by atoms with Crippen molar-refractivity contribution in [2.75, 3.05) is 0 Å². The maximum atomic E-state index is 11.8. The van der Waals surface area contributed by atoms with E-state index in [2.05, 4.69) is 52.9 Å². The average Bonchev–Trinajstić information content (AvgIpc) is 2.89. The Morgan fingerprint density at radius 2 is 1.89 bits per heavy atom. The molecule has 3 heteroatoms. The molecule has 0 bridgehead atoms. The molecule has 2 nitrogen and oxygen atoms in total. The van der Waals surface area contributed by atoms with E-state index in [1.54, 1.807) is 0 Å². The first-order valence-electron chi connectivity index (χ1n) is 11.1. The second-order valence-electron chi connectivity index (χ2n) is 11.5. The Morgan fingerprint density at radius 1 is 1.15 bits per heavy atom. The van der Waals surface area contributed by atoms with E-state index in [4.69, 9.17) is 4.43 Å². The van der Waals surface area contributed by atoms with Gasteiger partial charge >= 0.3 is 0 Å². The first kappa shape index (κ1) is 19.6. The molecule has 0 unspecified atom stereocenters. The van der Waals surface area contributed by atoms with Crippen molar-refractivity contribution in [1.82, 2.24) is 0 Å². The van der Waals surface area contributed by atoms with Gasteiger partial charge in [-0.1, -0.05) is 39.8 Å². The molecule has 0 spiro atoms. The van der Waals surface area contributed by atoms with Gasteiger partial charge in [0.1, 0.15) is 0 Å². The molecular weight excluding hydrogens is 348 g/mol. The van der Waals surface area contributed by atoms with Gasteiger partial charge in [-0.05, 0) is 91.0 Å². The molecule has 0 aliphatic heterocycles. The van der Waals surface area contributed by atoms with Gasteiger partial charge in [0.15, 0.2) is 14.1 Å². The van der Waals surface area contributed by atoms with Gasteiger partial charge in [-0.2, -0.15) is 0 Å². The summed E-state index contributed by atoms with van der Waals surface area (Å²) in [5, 5.41) is 0.276. The maximum absolute atomic E-state index is 11.8. The van der Waals surface area contributed by atoms with Gasteiger partial charge in [-0.25, -0.2) is 0 Å². The first-order valence-corrected chi connectivity index (χ1v) is 14.0. The molecule has 2 fully saturated rings. The molecule has 0 saturated heterocycles. The summed E-state index contributed by atoms with van der Waals surface area (Å²) >= 11 is 0. The van der Waals surface area contributed by atoms with Gasteiger partial charge < -0.3 is 4.43 Å². The lowest BCUT2D eigenvalue weighted by atomic mass is 9.54. The molecular formula is C24H38O2Si. The Morgan fingerprint density at radius 3 is 2.59 bits per heavy atom. The van der Waals surface area contributed by atoms with E-state index in [0.29, 0.717) is 29.1 Å². The summed E-state index contributed by atoms with van der Waals surface area (Å²) in [7, 11) is -1.74. The fourth-order valence-corrected chi connectivity index (χ4v) is 7.79. The Kier molecular flexibility index (Phi) is 4.67. The maximum Gasteiger partial charge on any atom is 0.192 e. The Bertz CT molecular complexity index is 683. The normalized spacial score (nSPS) is 41.6. The van der Waals surface area contributed by atoms with E-state index in [1.807, 2.05) is 6.08 Å². The number of hydrogen-bond donors (Lipinski definition) is 0. The zero-order valence-electron chi connectivity index (χ0n) is 18.2. The molecule has 0 aromatic heterocycles. The highest BCUT2D eigenvalue weighted by molar-refractivity contribution is 6.74. The largest absolute Gasteiger partial charge is 0.413 e. The average molecular weight is 387 g/mol. The Labute approximate surface area is 167 Å². The minimum atomic E-state index is -1.74. The van der Waals surface area contributed by atoms with E-state index in [9.17, 15) is 4.79 Å². The second-order valence-corrected chi connectivity index (χ2v) is 16.2. The van der Waals surface area contributed by atoms with Gasteiger partial charge in [-0.3, -0.25) is 4.79 Å². The second kappa shape index (κ2) is 6.42. The summed E-state index contributed by atoms with van der Waals surface area (Å²) in [6, 6.07) is 0. The van der Waals surface area contributed by atoms with Crippen LogP contribution in [0.2, 0.25) is 18.1 Å². The van der Waals surface area contributed by atoms with E-state index < -0.39 is 8.32 Å². The van der Waals surface area contributed by atoms with E-state index >= 15 is 0 Å². The molecule has 2 saturated carbocycles. The molecule has 4 aliphatic carbocycles. The number of allylic oxidation sites excluding steroid dienone is 4. The monoisotopic (exact) mass is 386 g/mol. The highest BCUT2D eigenvalue weighted by Crippen LogP contribution is 2.61. The lowest BCUT2D eigenvalue weighted by Crippen LogP contribution is -2.51. The van der Waals surface area contributed by atoms with Crippen molar-refractivity contribution in [2.24, 2.45) is 29.1 Å². The third-order valence-electron chi connectivity index (χ3n) is 9.03. The van der Waals surface area contributed by atoms with Crippen LogP contribution in [0.4, 0.5) is 0 Å². The predicted octanol–water partition coefficient (Wildman–Crippen LogP) is 6.29. The molecule has 4 rings (SSSR count). The van der Waals surface area contributed by atoms with Crippen LogP contribution in [0.3, 0.4) is 0 Å². The smallest absolute Gasteiger partial charge is 0.192 e. The van der Waals surface area contributed by atoms with Crippen LogP contribution in [-0.4, -0.2) is 20.2 Å². The molecule has 0 heterocycles. The van der Waals surface area contributed by atoms with Crippen molar-refractivity contribution < 1.29 is 9.22 Å². The summed E-state index contributed by atoms with van der Waals surface area (Å²) in [4.78, 5) is 11.8. The van der Waals surface area contributed by atoms with Crippen LogP contribution < -0.4 is 0 Å². The van der Waals surface area contributed by atoms with Crippen LogP contribution in [-0.2, 0) is 9.22 Å². The predicted molar refractivity (Wildman–Crippen MR) is 114 cm³/mol. The fourth-order valence-electron chi connectivity index (χ4n) is 6.33. The highest BCUT2D eigenvalue weighted by Gasteiger charge is 2.57. The van der Waals surface area contributed by atoms with Crippen LogP contribution in [0, 0.1) is 29.1 Å². The first-order chi connectivity index (χ1) is 12.5. The Balaban J connectivity index is 1.58. The third kappa shape index (κ3) is 3.13. The molecule has 0 aromatic rings. The van der Waals surface area contributed by atoms with Crippen molar-refractivity contribution in [3.05, 3.63) is 23.8 Å². The summed E-state index contributed by atoms with van der Waals surface area (Å²) in [6.07, 6.45) is 14.1. The number of carbonyl (C=O) groups excluding carboxylic acids is 1. The molecule has 0 amide bonds. The number of carbonyl (C=O) groups is 1. The number of ketones is 1. The molecule has 4 aliphatic rings. The summed E-state index contributed by atoms with van der Waals surface area (Å²) in [5.74, 6) is 3.14. The molecule has 27 heavy (non-hydrogen) atoms. The van der Waals surface area contributed by atoms with E-state index in [1.165, 1.54) is 31.3 Å². The van der Waals surface area contributed by atoms with Gasteiger partial charge in [0, 0.05) is 6.42 Å². The molecule has 0 N–H and O–H groups in total. The van der Waals surface area contributed by atoms with Crippen LogP contribution >= 0.6 is 0 Å². The number of hydrogen-bond acceptors (Lipinski definition) is 2. The number of rotatable bonds is 2. The van der Waals surface area contributed by atoms with Crippen molar-refractivity contribution in [2.45, 2.75) is 90.5 Å². The lowest BCUT2D eigenvalue weighted by molar-refractivity contribution is -0.115. The van der Waals surface area contributed by atoms with Gasteiger partial charge in [0.05, 0.1) is 6.10 Å². The highest BCUT2D eigenvalue weighted by atomic mass is 28.4. The van der Waals surface area contributed by atoms with Crippen LogP contribution in [0.25, 0.3) is 0 Å². The molecule has 6 atom stereocenters. The van der Waals surface area contributed by atoms with Crippen molar-refractivity contribution in [3.63, 3.8) is 0 Å². The molecule has 0 radical (unpaired) electrons. The van der Waals surface area contributed by atoms with Gasteiger partial charge in [0.2, 0.25) is 0 Å². The zero-order valence-corrected chi connectivity index (χ0v) is 19.2. The lowest BCUT2D eigenvalue weighted by Gasteiger charge is -2.53. The van der Waals surface area contributed by atoms with Gasteiger partial charge in [-0.15, -0.1) is 0 Å². The van der Waals surface area contributed by atoms with Crippen molar-refractivity contribution in [1.29, 1.82) is 0 Å². The quantitative estimate of drug-likeness (QED) is 0.521. The van der Waals surface area contributed by atoms with E-state index in [-0.39, 0.29) is 5.04 Å². The van der Waals surface area contributed by atoms with Gasteiger partial charge in [0.25, 0.3) is 0 Å². The summed E-state index contributed by atoms with van der Waals surface area (Å²) in [6.45, 7) is 14.4. The SMILES string of the molecule is CC(C)(C)[Si](C)(C)O[C@H]1CC[C@H]2[C@@H]3C=CC4=CC(=O)CC[C@@H]4[C@H]3CC[C@]12C. The van der Waals surface area contributed by atoms with Crippen molar-refractivity contribution in [3.8, 4) is 0 Å². The Hall–Kier alpha value is -0.673. The molecule has 0 aromatic carbocycles. The van der Waals surface area contributed by atoms with E-state index in [0.717, 1.165) is 24.7 Å². The minimum absolute atomic E-state index is 0.276. The topological polar surface area (TPSA) is 26.3 Å². The molecule has 150 valence electrons. The summed E-state index contributed by atoms with van der Waals surface area (Å²) in [5.41, 5.74) is 1.65. The zero-order chi connectivity index (χ0) is 19.6. The minimum Gasteiger partial charge on any atom is -0.413 e. The fraction of sp³-hybridized carbons (Fsp3) is 0.792.